The molecular weight excluding hydrogens is 368 g/mol. The number of sulfonamides is 1. The lowest BCUT2D eigenvalue weighted by Gasteiger charge is -2.34. The summed E-state index contributed by atoms with van der Waals surface area (Å²) in [7, 11) is -2.06. The second-order valence-electron chi connectivity index (χ2n) is 6.86. The number of likely N-dealkylation sites (N-methyl/N-ethyl adjacent to an activating group) is 1. The quantitative estimate of drug-likeness (QED) is 0.693. The lowest BCUT2D eigenvalue weighted by molar-refractivity contribution is -0.126. The standard InChI is InChI=1S/C18H28N4O4S/c1-13-9-14(2)18(15(3)10-13)27(25,26)22-7-5-21(6-8-22)12-17(24)20-11-16(23)19-4/h9-10H,5-8,11-12H2,1-4H3,(H,19,23)(H,20,24). The fourth-order valence-electron chi connectivity index (χ4n) is 3.36. The van der Waals surface area contributed by atoms with Gasteiger partial charge in [-0.1, -0.05) is 17.7 Å². The lowest BCUT2D eigenvalue weighted by Crippen LogP contribution is -2.51. The number of nitrogens with zero attached hydrogens (tertiary/aromatic N) is 2. The zero-order chi connectivity index (χ0) is 20.2. The van der Waals surface area contributed by atoms with Crippen LogP contribution in [0, 0.1) is 20.8 Å². The van der Waals surface area contributed by atoms with Gasteiger partial charge >= 0.3 is 0 Å². The molecule has 1 saturated heterocycles. The van der Waals surface area contributed by atoms with E-state index in [0.717, 1.165) is 16.7 Å². The first-order valence-corrected chi connectivity index (χ1v) is 10.4. The summed E-state index contributed by atoms with van der Waals surface area (Å²) in [6.45, 7) is 7.27. The third-order valence-electron chi connectivity index (χ3n) is 4.63. The van der Waals surface area contributed by atoms with Crippen molar-refractivity contribution < 1.29 is 18.0 Å². The maximum atomic E-state index is 13.1. The van der Waals surface area contributed by atoms with Crippen LogP contribution in [0.4, 0.5) is 0 Å². The topological polar surface area (TPSA) is 98.8 Å². The highest BCUT2D eigenvalue weighted by Gasteiger charge is 2.31. The average Bonchev–Trinajstić information content (AvgIpc) is 2.59. The molecule has 2 rings (SSSR count). The van der Waals surface area contributed by atoms with E-state index < -0.39 is 10.0 Å². The smallest absolute Gasteiger partial charge is 0.243 e. The number of benzene rings is 1. The predicted octanol–water partition coefficient (Wildman–Crippen LogP) is -0.220. The molecule has 9 heteroatoms. The largest absolute Gasteiger partial charge is 0.358 e. The highest BCUT2D eigenvalue weighted by atomic mass is 32.2. The predicted molar refractivity (Wildman–Crippen MR) is 103 cm³/mol. The van der Waals surface area contributed by atoms with Gasteiger partial charge < -0.3 is 10.6 Å². The van der Waals surface area contributed by atoms with Crippen LogP contribution in [0.25, 0.3) is 0 Å². The number of piperazine rings is 1. The van der Waals surface area contributed by atoms with Crippen LogP contribution in [-0.2, 0) is 19.6 Å². The number of carbonyl (C=O) groups excluding carboxylic acids is 2. The van der Waals surface area contributed by atoms with E-state index in [2.05, 4.69) is 10.6 Å². The van der Waals surface area contributed by atoms with Crippen molar-refractivity contribution in [2.75, 3.05) is 46.3 Å². The van der Waals surface area contributed by atoms with Crippen LogP contribution < -0.4 is 10.6 Å². The first-order chi connectivity index (χ1) is 12.6. The second-order valence-corrected chi connectivity index (χ2v) is 8.73. The lowest BCUT2D eigenvalue weighted by atomic mass is 10.1. The third kappa shape index (κ3) is 5.27. The summed E-state index contributed by atoms with van der Waals surface area (Å²) in [6.07, 6.45) is 0. The number of aryl methyl sites for hydroxylation is 3. The fraction of sp³-hybridized carbons (Fsp3) is 0.556. The summed E-state index contributed by atoms with van der Waals surface area (Å²) < 4.78 is 27.6. The van der Waals surface area contributed by atoms with Crippen molar-refractivity contribution in [1.82, 2.24) is 19.8 Å². The number of hydrogen-bond acceptors (Lipinski definition) is 5. The Morgan fingerprint density at radius 2 is 1.56 bits per heavy atom. The van der Waals surface area contributed by atoms with E-state index >= 15 is 0 Å². The van der Waals surface area contributed by atoms with Crippen molar-refractivity contribution in [3.05, 3.63) is 28.8 Å². The molecule has 0 aliphatic carbocycles. The van der Waals surface area contributed by atoms with Gasteiger partial charge in [-0.2, -0.15) is 4.31 Å². The Labute approximate surface area is 161 Å². The Kier molecular flexibility index (Phi) is 6.96. The molecule has 150 valence electrons. The summed E-state index contributed by atoms with van der Waals surface area (Å²) in [5, 5.41) is 4.98. The van der Waals surface area contributed by atoms with Gasteiger partial charge in [-0.15, -0.1) is 0 Å². The van der Waals surface area contributed by atoms with Gasteiger partial charge in [-0.05, 0) is 31.9 Å². The molecule has 0 atom stereocenters. The Balaban J connectivity index is 1.97. The van der Waals surface area contributed by atoms with E-state index in [9.17, 15) is 18.0 Å². The molecule has 27 heavy (non-hydrogen) atoms. The second kappa shape index (κ2) is 8.81. The van der Waals surface area contributed by atoms with Gasteiger partial charge in [0.05, 0.1) is 18.0 Å². The average molecular weight is 397 g/mol. The molecular formula is C18H28N4O4S. The number of nitrogens with one attached hydrogen (secondary N) is 2. The van der Waals surface area contributed by atoms with Crippen molar-refractivity contribution in [3.8, 4) is 0 Å². The molecule has 8 nitrogen and oxygen atoms in total. The zero-order valence-corrected chi connectivity index (χ0v) is 17.1. The van der Waals surface area contributed by atoms with Crippen molar-refractivity contribution in [2.45, 2.75) is 25.7 Å². The number of hydrogen-bond donors (Lipinski definition) is 2. The monoisotopic (exact) mass is 396 g/mol. The first-order valence-electron chi connectivity index (χ1n) is 8.92. The maximum Gasteiger partial charge on any atom is 0.243 e. The van der Waals surface area contributed by atoms with Gasteiger partial charge in [0, 0.05) is 33.2 Å². The van der Waals surface area contributed by atoms with E-state index in [1.165, 1.54) is 11.4 Å². The van der Waals surface area contributed by atoms with Crippen LogP contribution in [0.2, 0.25) is 0 Å². The van der Waals surface area contributed by atoms with Crippen LogP contribution in [0.5, 0.6) is 0 Å². The van der Waals surface area contributed by atoms with Gasteiger partial charge in [0.1, 0.15) is 0 Å². The summed E-state index contributed by atoms with van der Waals surface area (Å²) in [6, 6.07) is 3.76. The minimum atomic E-state index is -3.56. The summed E-state index contributed by atoms with van der Waals surface area (Å²) >= 11 is 0. The van der Waals surface area contributed by atoms with Crippen LogP contribution in [0.15, 0.2) is 17.0 Å². The van der Waals surface area contributed by atoms with Crippen LogP contribution in [0.1, 0.15) is 16.7 Å². The molecule has 1 aliphatic rings. The van der Waals surface area contributed by atoms with E-state index in [1.807, 2.05) is 37.8 Å². The minimum Gasteiger partial charge on any atom is -0.358 e. The van der Waals surface area contributed by atoms with Crippen LogP contribution in [-0.4, -0.2) is 75.8 Å². The number of amides is 2. The Morgan fingerprint density at radius 1 is 1.00 bits per heavy atom. The molecule has 1 aromatic rings. The molecule has 1 aromatic carbocycles. The van der Waals surface area contributed by atoms with Gasteiger partial charge in [-0.3, -0.25) is 14.5 Å². The third-order valence-corrected chi connectivity index (χ3v) is 6.83. The van der Waals surface area contributed by atoms with E-state index in [0.29, 0.717) is 31.1 Å². The molecule has 0 saturated carbocycles. The molecule has 1 aliphatic heterocycles. The minimum absolute atomic E-state index is 0.0599. The molecule has 0 bridgehead atoms. The van der Waals surface area contributed by atoms with E-state index in [4.69, 9.17) is 0 Å². The first kappa shape index (κ1) is 21.3. The summed E-state index contributed by atoms with van der Waals surface area (Å²) in [5.74, 6) is -0.511. The molecule has 0 radical (unpaired) electrons. The SMILES string of the molecule is CNC(=O)CNC(=O)CN1CCN(S(=O)(=O)c2c(C)cc(C)cc2C)CC1. The highest BCUT2D eigenvalue weighted by Crippen LogP contribution is 2.25. The maximum absolute atomic E-state index is 13.1. The molecule has 1 fully saturated rings. The Bertz CT molecular complexity index is 792. The molecule has 2 N–H and O–H groups in total. The molecule has 0 unspecified atom stereocenters. The van der Waals surface area contributed by atoms with Crippen LogP contribution >= 0.6 is 0 Å². The Hall–Kier alpha value is -1.97. The van der Waals surface area contributed by atoms with Gasteiger partial charge in [0.2, 0.25) is 21.8 Å². The van der Waals surface area contributed by atoms with Crippen LogP contribution in [0.3, 0.4) is 0 Å². The normalized spacial score (nSPS) is 16.1. The molecule has 1 heterocycles. The van der Waals surface area contributed by atoms with Gasteiger partial charge in [-0.25, -0.2) is 8.42 Å². The van der Waals surface area contributed by atoms with E-state index in [-0.39, 0.29) is 24.9 Å². The molecule has 0 spiro atoms. The van der Waals surface area contributed by atoms with Crippen molar-refractivity contribution in [2.24, 2.45) is 0 Å². The number of rotatable bonds is 6. The van der Waals surface area contributed by atoms with Crippen molar-refractivity contribution in [1.29, 1.82) is 0 Å². The molecule has 2 amide bonds. The Morgan fingerprint density at radius 3 is 2.07 bits per heavy atom. The molecule has 0 aromatic heterocycles. The van der Waals surface area contributed by atoms with Gasteiger partial charge in [0.15, 0.2) is 0 Å². The number of carbonyl (C=O) groups is 2. The van der Waals surface area contributed by atoms with Gasteiger partial charge in [0.25, 0.3) is 0 Å². The summed E-state index contributed by atoms with van der Waals surface area (Å²) in [5.41, 5.74) is 2.54. The van der Waals surface area contributed by atoms with Crippen molar-refractivity contribution in [3.63, 3.8) is 0 Å². The highest BCUT2D eigenvalue weighted by molar-refractivity contribution is 7.89. The zero-order valence-electron chi connectivity index (χ0n) is 16.3. The fourth-order valence-corrected chi connectivity index (χ4v) is 5.19. The summed E-state index contributed by atoms with van der Waals surface area (Å²) in [4.78, 5) is 25.3. The van der Waals surface area contributed by atoms with Crippen molar-refractivity contribution >= 4 is 21.8 Å². The van der Waals surface area contributed by atoms with E-state index in [1.54, 1.807) is 0 Å².